The highest BCUT2D eigenvalue weighted by molar-refractivity contribution is 5.94. The van der Waals surface area contributed by atoms with Crippen LogP contribution in [0.2, 0.25) is 0 Å². The predicted molar refractivity (Wildman–Crippen MR) is 96.9 cm³/mol. The van der Waals surface area contributed by atoms with E-state index in [0.717, 1.165) is 25.1 Å². The van der Waals surface area contributed by atoms with Gasteiger partial charge in [-0.1, -0.05) is 39.7 Å². The first kappa shape index (κ1) is 18.3. The molecule has 1 saturated carbocycles. The standard InChI is InChI=1S/C19H28N2O.ClH/c1-19(2,3)16-6-4-5-7-17(16)21-18(22)13-8-9-14-11-20-12-15(14)10-13;/h8-10,16-17,20H,4-7,11-12H2,1-3H3,(H,21,22);1H. The maximum atomic E-state index is 12.7. The Balaban J connectivity index is 0.00000192. The molecule has 0 spiro atoms. The van der Waals surface area contributed by atoms with E-state index >= 15 is 0 Å². The van der Waals surface area contributed by atoms with Crippen LogP contribution in [0.1, 0.15) is 67.9 Å². The molecule has 1 heterocycles. The fraction of sp³-hybridized carbons (Fsp3) is 0.632. The third-order valence-electron chi connectivity index (χ3n) is 5.29. The van der Waals surface area contributed by atoms with Gasteiger partial charge in [-0.15, -0.1) is 12.4 Å². The van der Waals surface area contributed by atoms with Crippen LogP contribution in [-0.4, -0.2) is 11.9 Å². The van der Waals surface area contributed by atoms with E-state index in [0.29, 0.717) is 12.0 Å². The molecule has 2 unspecified atom stereocenters. The van der Waals surface area contributed by atoms with E-state index in [1.807, 2.05) is 6.07 Å². The van der Waals surface area contributed by atoms with Crippen molar-refractivity contribution >= 4 is 18.3 Å². The summed E-state index contributed by atoms with van der Waals surface area (Å²) >= 11 is 0. The van der Waals surface area contributed by atoms with Crippen LogP contribution in [0.25, 0.3) is 0 Å². The number of carbonyl (C=O) groups is 1. The number of carbonyl (C=O) groups excluding carboxylic acids is 1. The van der Waals surface area contributed by atoms with Gasteiger partial charge in [0.25, 0.3) is 5.91 Å². The van der Waals surface area contributed by atoms with E-state index in [1.165, 1.54) is 30.4 Å². The molecule has 0 radical (unpaired) electrons. The summed E-state index contributed by atoms with van der Waals surface area (Å²) < 4.78 is 0. The Labute approximate surface area is 146 Å². The number of fused-ring (bicyclic) bond motifs is 1. The number of benzene rings is 1. The minimum Gasteiger partial charge on any atom is -0.349 e. The molecule has 4 heteroatoms. The zero-order valence-corrected chi connectivity index (χ0v) is 15.3. The molecule has 128 valence electrons. The fourth-order valence-corrected chi connectivity index (χ4v) is 4.03. The second-order valence-corrected chi connectivity index (χ2v) is 7.92. The van der Waals surface area contributed by atoms with Gasteiger partial charge in [-0.2, -0.15) is 0 Å². The number of nitrogens with one attached hydrogen (secondary N) is 2. The molecule has 23 heavy (non-hydrogen) atoms. The van der Waals surface area contributed by atoms with Crippen LogP contribution in [0.3, 0.4) is 0 Å². The van der Waals surface area contributed by atoms with E-state index in [1.54, 1.807) is 0 Å². The SMILES string of the molecule is CC(C)(C)C1CCCCC1NC(=O)c1ccc2c(c1)CNC2.Cl. The zero-order valence-electron chi connectivity index (χ0n) is 14.4. The molecule has 1 fully saturated rings. The van der Waals surface area contributed by atoms with E-state index in [-0.39, 0.29) is 23.7 Å². The van der Waals surface area contributed by atoms with Crippen LogP contribution >= 0.6 is 12.4 Å². The monoisotopic (exact) mass is 336 g/mol. The van der Waals surface area contributed by atoms with Crippen LogP contribution in [-0.2, 0) is 13.1 Å². The molecule has 0 bridgehead atoms. The van der Waals surface area contributed by atoms with Gasteiger partial charge in [-0.3, -0.25) is 4.79 Å². The smallest absolute Gasteiger partial charge is 0.251 e. The zero-order chi connectivity index (χ0) is 15.7. The van der Waals surface area contributed by atoms with Gasteiger partial charge in [-0.25, -0.2) is 0 Å². The number of hydrogen-bond donors (Lipinski definition) is 2. The van der Waals surface area contributed by atoms with Crippen molar-refractivity contribution in [2.75, 3.05) is 0 Å². The van der Waals surface area contributed by atoms with E-state index < -0.39 is 0 Å². The number of rotatable bonds is 2. The molecule has 2 aliphatic rings. The van der Waals surface area contributed by atoms with Crippen LogP contribution < -0.4 is 10.6 Å². The third kappa shape index (κ3) is 4.07. The molecule has 1 aliphatic carbocycles. The molecular formula is C19H29ClN2O. The Hall–Kier alpha value is -1.06. The lowest BCUT2D eigenvalue weighted by Crippen LogP contribution is -2.46. The highest BCUT2D eigenvalue weighted by Gasteiger charge is 2.35. The first-order valence-electron chi connectivity index (χ1n) is 8.58. The average Bonchev–Trinajstić information content (AvgIpc) is 2.94. The van der Waals surface area contributed by atoms with Crippen molar-refractivity contribution < 1.29 is 4.79 Å². The number of amides is 1. The van der Waals surface area contributed by atoms with Gasteiger partial charge in [0.05, 0.1) is 0 Å². The van der Waals surface area contributed by atoms with Crippen LogP contribution in [0.4, 0.5) is 0 Å². The lowest BCUT2D eigenvalue weighted by molar-refractivity contribution is 0.0830. The number of hydrogen-bond acceptors (Lipinski definition) is 2. The maximum Gasteiger partial charge on any atom is 0.251 e. The Morgan fingerprint density at radius 3 is 2.57 bits per heavy atom. The lowest BCUT2D eigenvalue weighted by Gasteiger charge is -2.40. The first-order valence-corrected chi connectivity index (χ1v) is 8.58. The van der Waals surface area contributed by atoms with Gasteiger partial charge in [0.1, 0.15) is 0 Å². The Kier molecular flexibility index (Phi) is 5.74. The van der Waals surface area contributed by atoms with E-state index in [2.05, 4.69) is 43.5 Å². The van der Waals surface area contributed by atoms with E-state index in [4.69, 9.17) is 0 Å². The minimum absolute atomic E-state index is 0. The molecule has 3 nitrogen and oxygen atoms in total. The van der Waals surface area contributed by atoms with Crippen molar-refractivity contribution in [3.05, 3.63) is 34.9 Å². The van der Waals surface area contributed by atoms with Crippen LogP contribution in [0, 0.1) is 11.3 Å². The summed E-state index contributed by atoms with van der Waals surface area (Å²) in [7, 11) is 0. The summed E-state index contributed by atoms with van der Waals surface area (Å²) in [5.41, 5.74) is 3.64. The Morgan fingerprint density at radius 1 is 1.13 bits per heavy atom. The molecule has 2 N–H and O–H groups in total. The van der Waals surface area contributed by atoms with Crippen molar-refractivity contribution in [3.63, 3.8) is 0 Å². The van der Waals surface area contributed by atoms with Gasteiger partial charge in [0.2, 0.25) is 0 Å². The second kappa shape index (κ2) is 7.23. The summed E-state index contributed by atoms with van der Waals surface area (Å²) in [6, 6.07) is 6.43. The Bertz CT molecular complexity index is 565. The molecule has 3 rings (SSSR count). The largest absolute Gasteiger partial charge is 0.349 e. The van der Waals surface area contributed by atoms with Crippen molar-refractivity contribution in [2.45, 2.75) is 65.6 Å². The molecule has 0 aromatic heterocycles. The second-order valence-electron chi connectivity index (χ2n) is 7.92. The lowest BCUT2D eigenvalue weighted by atomic mass is 9.69. The molecule has 1 aromatic carbocycles. The number of halogens is 1. The van der Waals surface area contributed by atoms with Gasteiger partial charge >= 0.3 is 0 Å². The summed E-state index contributed by atoms with van der Waals surface area (Å²) in [6.45, 7) is 8.69. The highest BCUT2D eigenvalue weighted by atomic mass is 35.5. The topological polar surface area (TPSA) is 41.1 Å². The quantitative estimate of drug-likeness (QED) is 0.855. The summed E-state index contributed by atoms with van der Waals surface area (Å²) in [6.07, 6.45) is 4.85. The van der Waals surface area contributed by atoms with Crippen LogP contribution in [0.5, 0.6) is 0 Å². The molecule has 0 saturated heterocycles. The molecular weight excluding hydrogens is 308 g/mol. The van der Waals surface area contributed by atoms with Crippen LogP contribution in [0.15, 0.2) is 18.2 Å². The van der Waals surface area contributed by atoms with Crippen molar-refractivity contribution in [2.24, 2.45) is 11.3 Å². The van der Waals surface area contributed by atoms with Gasteiger partial charge < -0.3 is 10.6 Å². The predicted octanol–water partition coefficient (Wildman–Crippen LogP) is 4.05. The van der Waals surface area contributed by atoms with Gasteiger partial charge in [-0.05, 0) is 47.4 Å². The average molecular weight is 337 g/mol. The van der Waals surface area contributed by atoms with Gasteiger partial charge in [0.15, 0.2) is 0 Å². The highest BCUT2D eigenvalue weighted by Crippen LogP contribution is 2.38. The molecule has 2 atom stereocenters. The summed E-state index contributed by atoms with van der Waals surface area (Å²) in [5.74, 6) is 0.664. The van der Waals surface area contributed by atoms with Crippen molar-refractivity contribution in [3.8, 4) is 0 Å². The normalized spacial score (nSPS) is 23.8. The Morgan fingerprint density at radius 2 is 1.83 bits per heavy atom. The molecule has 1 aliphatic heterocycles. The first-order chi connectivity index (χ1) is 10.4. The fourth-order valence-electron chi connectivity index (χ4n) is 4.03. The third-order valence-corrected chi connectivity index (χ3v) is 5.29. The van der Waals surface area contributed by atoms with E-state index in [9.17, 15) is 4.79 Å². The van der Waals surface area contributed by atoms with Gasteiger partial charge in [0, 0.05) is 24.7 Å². The molecule has 1 aromatic rings. The summed E-state index contributed by atoms with van der Waals surface area (Å²) in [5, 5.41) is 6.65. The molecule has 1 amide bonds. The maximum absolute atomic E-state index is 12.7. The van der Waals surface area contributed by atoms with Crippen molar-refractivity contribution in [1.29, 1.82) is 0 Å². The summed E-state index contributed by atoms with van der Waals surface area (Å²) in [4.78, 5) is 12.7. The van der Waals surface area contributed by atoms with Crippen molar-refractivity contribution in [1.82, 2.24) is 10.6 Å². The minimum atomic E-state index is 0.